The van der Waals surface area contributed by atoms with Gasteiger partial charge in [0.05, 0.1) is 45.6 Å². The SMILES string of the molecule is CCCCc1c2nc(c(-c3ccc(C)cc3)c3ccc([nH]3)c(-c3c4nc(c(-c5ccc(C)cc5)c5ccc([nH]5)c(CCCC)c5nc(c(-c6ccc(C)cc6)c6ccc3[nH]6)C=C5)C=C4)c3nc(c(-c4ccc(C)cc4)c4ccc1[nH]4)C=C3)C=C2. The zero-order valence-corrected chi connectivity index (χ0v) is 48.5. The van der Waals surface area contributed by atoms with Gasteiger partial charge in [-0.25, -0.2) is 19.9 Å². The molecule has 4 N–H and O–H groups in total. The third-order valence-corrected chi connectivity index (χ3v) is 16.9. The van der Waals surface area contributed by atoms with Crippen LogP contribution < -0.4 is 0 Å². The van der Waals surface area contributed by atoms with E-state index >= 15 is 0 Å². The van der Waals surface area contributed by atoms with E-state index in [1.54, 1.807) is 0 Å². The van der Waals surface area contributed by atoms with Crippen LogP contribution in [0.4, 0.5) is 0 Å². The Hall–Kier alpha value is -9.92. The van der Waals surface area contributed by atoms with Crippen molar-refractivity contribution in [2.24, 2.45) is 0 Å². The van der Waals surface area contributed by atoms with Crippen LogP contribution in [-0.4, -0.2) is 39.9 Å². The number of nitrogens with one attached hydrogen (secondary N) is 4. The molecule has 10 aromatic rings. The first-order chi connectivity index (χ1) is 41.1. The zero-order valence-electron chi connectivity index (χ0n) is 48.5. The number of aromatic nitrogens is 8. The van der Waals surface area contributed by atoms with Gasteiger partial charge in [0.15, 0.2) is 0 Å². The van der Waals surface area contributed by atoms with Crippen molar-refractivity contribution in [1.82, 2.24) is 39.9 Å². The minimum absolute atomic E-state index is 0.796. The Bertz CT molecular complexity index is 4350. The maximum absolute atomic E-state index is 5.80. The predicted octanol–water partition coefficient (Wildman–Crippen LogP) is 19.9. The van der Waals surface area contributed by atoms with Crippen molar-refractivity contribution in [1.29, 1.82) is 0 Å². The Morgan fingerprint density at radius 3 is 0.738 bits per heavy atom. The summed E-state index contributed by atoms with van der Waals surface area (Å²) >= 11 is 0. The molecular formula is C76H66N8. The van der Waals surface area contributed by atoms with Crippen molar-refractivity contribution in [3.8, 4) is 55.6 Å². The normalized spacial score (nSPS) is 12.5. The number of benzene rings is 4. The van der Waals surface area contributed by atoms with E-state index in [1.807, 2.05) is 0 Å². The number of nitrogens with zero attached hydrogens (tertiary/aromatic N) is 4. The van der Waals surface area contributed by atoms with E-state index in [0.29, 0.717) is 0 Å². The molecule has 4 aliphatic heterocycles. The molecule has 0 atom stereocenters. The van der Waals surface area contributed by atoms with E-state index in [4.69, 9.17) is 19.9 Å². The standard InChI is InChI=1S/C76H66N8/c1-7-9-11-53-55-29-33-59(77-55)71(49-21-13-45(3)14-22-49)63-37-41-67(81-63)75(68-42-38-64(82-68)72(60-34-30-56(53)78-60)50-23-15-46(4)16-24-50)76-69-43-39-65(83-69)73(51-25-17-47(5)18-26-51)61-35-31-57(79-61)54(12-10-8-2)58-32-36-62(80-58)74(66-40-44-70(76)84-66)52-27-19-48(6)20-28-52/h13-44,77,79,82,84H,7-12H2,1-6H3. The molecular weight excluding hydrogens is 1020 g/mol. The molecule has 0 saturated carbocycles. The van der Waals surface area contributed by atoms with E-state index in [0.717, 1.165) is 184 Å². The molecule has 16 bridgehead atoms. The molecule has 4 aliphatic rings. The second-order valence-electron chi connectivity index (χ2n) is 22.9. The maximum Gasteiger partial charge on any atom is 0.0738 e. The van der Waals surface area contributed by atoms with Crippen LogP contribution in [-0.2, 0) is 12.8 Å². The van der Waals surface area contributed by atoms with Crippen molar-refractivity contribution in [2.45, 2.75) is 80.1 Å². The van der Waals surface area contributed by atoms with Crippen LogP contribution in [0.25, 0.3) is 148 Å². The van der Waals surface area contributed by atoms with Crippen LogP contribution in [0.1, 0.15) is 118 Å². The fourth-order valence-corrected chi connectivity index (χ4v) is 12.4. The number of aromatic amines is 4. The van der Waals surface area contributed by atoms with E-state index in [2.05, 4.69) is 256 Å². The highest BCUT2D eigenvalue weighted by molar-refractivity contribution is 6.05. The van der Waals surface area contributed by atoms with Crippen molar-refractivity contribution in [2.75, 3.05) is 0 Å². The third-order valence-electron chi connectivity index (χ3n) is 16.9. The van der Waals surface area contributed by atoms with Gasteiger partial charge in [-0.05, 0) is 173 Å². The van der Waals surface area contributed by atoms with Crippen LogP contribution in [0.2, 0.25) is 0 Å². The van der Waals surface area contributed by atoms with Gasteiger partial charge in [-0.3, -0.25) is 0 Å². The molecule has 6 aromatic heterocycles. The molecule has 0 radical (unpaired) electrons. The van der Waals surface area contributed by atoms with Gasteiger partial charge in [0.2, 0.25) is 0 Å². The lowest BCUT2D eigenvalue weighted by Gasteiger charge is -2.09. The highest BCUT2D eigenvalue weighted by Crippen LogP contribution is 2.42. The van der Waals surface area contributed by atoms with E-state index < -0.39 is 0 Å². The highest BCUT2D eigenvalue weighted by atomic mass is 14.8. The number of rotatable bonds is 11. The Balaban J connectivity index is 1.17. The molecule has 8 nitrogen and oxygen atoms in total. The van der Waals surface area contributed by atoms with Crippen molar-refractivity contribution in [3.63, 3.8) is 0 Å². The second-order valence-corrected chi connectivity index (χ2v) is 22.9. The molecule has 0 amide bonds. The Morgan fingerprint density at radius 1 is 0.250 bits per heavy atom. The number of unbranched alkanes of at least 4 members (excludes halogenated alkanes) is 2. The Morgan fingerprint density at radius 2 is 0.464 bits per heavy atom. The third kappa shape index (κ3) is 9.67. The molecule has 0 fully saturated rings. The molecule has 10 heterocycles. The molecule has 0 spiro atoms. The van der Waals surface area contributed by atoms with Crippen LogP contribution in [0.3, 0.4) is 0 Å². The lowest BCUT2D eigenvalue weighted by atomic mass is 10.0. The quantitative estimate of drug-likeness (QED) is 0.103. The summed E-state index contributed by atoms with van der Waals surface area (Å²) in [5.41, 5.74) is 32.1. The molecule has 14 rings (SSSR count). The number of fused-ring (bicyclic) bond motifs is 16. The van der Waals surface area contributed by atoms with Gasteiger partial charge in [-0.2, -0.15) is 0 Å². The Kier molecular flexibility index (Phi) is 13.5. The minimum Gasteiger partial charge on any atom is -0.355 e. The Labute approximate surface area is 490 Å². The topological polar surface area (TPSA) is 115 Å². The van der Waals surface area contributed by atoms with Gasteiger partial charge in [0.1, 0.15) is 0 Å². The van der Waals surface area contributed by atoms with Crippen LogP contribution in [0.15, 0.2) is 146 Å². The molecule has 410 valence electrons. The second kappa shape index (κ2) is 21.8. The van der Waals surface area contributed by atoms with E-state index in [-0.39, 0.29) is 0 Å². The van der Waals surface area contributed by atoms with Crippen molar-refractivity contribution >= 4 is 92.7 Å². The van der Waals surface area contributed by atoms with Crippen molar-refractivity contribution < 1.29 is 0 Å². The summed E-state index contributed by atoms with van der Waals surface area (Å²) in [5, 5.41) is 0. The van der Waals surface area contributed by atoms with Crippen LogP contribution in [0.5, 0.6) is 0 Å². The lowest BCUT2D eigenvalue weighted by molar-refractivity contribution is 0.795. The van der Waals surface area contributed by atoms with Crippen LogP contribution >= 0.6 is 0 Å². The largest absolute Gasteiger partial charge is 0.355 e. The van der Waals surface area contributed by atoms with Crippen LogP contribution in [0, 0.1) is 27.7 Å². The summed E-state index contributed by atoms with van der Waals surface area (Å²) in [5.74, 6) is 0. The van der Waals surface area contributed by atoms with Gasteiger partial charge in [0, 0.05) is 88.6 Å². The molecule has 8 heteroatoms. The number of aryl methyl sites for hydroxylation is 6. The molecule has 4 aromatic carbocycles. The van der Waals surface area contributed by atoms with Gasteiger partial charge in [0.25, 0.3) is 0 Å². The fraction of sp³-hybridized carbons (Fsp3) is 0.158. The summed E-state index contributed by atoms with van der Waals surface area (Å²) < 4.78 is 0. The predicted molar refractivity (Wildman–Crippen MR) is 355 cm³/mol. The smallest absolute Gasteiger partial charge is 0.0738 e. The van der Waals surface area contributed by atoms with Gasteiger partial charge >= 0.3 is 0 Å². The molecule has 0 aliphatic carbocycles. The summed E-state index contributed by atoms with van der Waals surface area (Å²) in [7, 11) is 0. The summed E-state index contributed by atoms with van der Waals surface area (Å²) in [6.07, 6.45) is 23.5. The van der Waals surface area contributed by atoms with Gasteiger partial charge < -0.3 is 19.9 Å². The molecule has 84 heavy (non-hydrogen) atoms. The zero-order chi connectivity index (χ0) is 57.0. The summed E-state index contributed by atoms with van der Waals surface area (Å²) in [4.78, 5) is 38.7. The minimum atomic E-state index is 0.796. The number of hydrogen-bond donors (Lipinski definition) is 4. The molecule has 0 unspecified atom stereocenters. The number of H-pyrrole nitrogens is 4. The summed E-state index contributed by atoms with van der Waals surface area (Å²) in [6.45, 7) is 13.1. The average molecular weight is 1090 g/mol. The number of hydrogen-bond acceptors (Lipinski definition) is 4. The average Bonchev–Trinajstić information content (AvgIpc) is 3.10. The van der Waals surface area contributed by atoms with Crippen molar-refractivity contribution in [3.05, 3.63) is 225 Å². The monoisotopic (exact) mass is 1090 g/mol. The first-order valence-electron chi connectivity index (χ1n) is 29.7. The van der Waals surface area contributed by atoms with E-state index in [1.165, 1.54) is 33.4 Å². The fourth-order valence-electron chi connectivity index (χ4n) is 12.4. The van der Waals surface area contributed by atoms with Gasteiger partial charge in [-0.15, -0.1) is 0 Å². The molecule has 0 saturated heterocycles. The summed E-state index contributed by atoms with van der Waals surface area (Å²) in [6, 6.07) is 53.0. The first-order valence-corrected chi connectivity index (χ1v) is 29.7. The van der Waals surface area contributed by atoms with E-state index in [9.17, 15) is 0 Å². The maximum atomic E-state index is 5.80. The first kappa shape index (κ1) is 52.2. The lowest BCUT2D eigenvalue weighted by Crippen LogP contribution is -1.93. The highest BCUT2D eigenvalue weighted by Gasteiger charge is 2.24. The van der Waals surface area contributed by atoms with Gasteiger partial charge in [-0.1, -0.05) is 146 Å².